The number of fused-ring (bicyclic) bond motifs is 1. The first-order valence-corrected chi connectivity index (χ1v) is 6.91. The van der Waals surface area contributed by atoms with E-state index in [9.17, 15) is 0 Å². The third-order valence-corrected chi connectivity index (χ3v) is 3.90. The summed E-state index contributed by atoms with van der Waals surface area (Å²) in [4.78, 5) is 8.65. The van der Waals surface area contributed by atoms with Crippen LogP contribution in [0.4, 0.5) is 0 Å². The van der Waals surface area contributed by atoms with E-state index in [1.165, 1.54) is 0 Å². The molecule has 7 heteroatoms. The van der Waals surface area contributed by atoms with Gasteiger partial charge in [0.05, 0.1) is 12.2 Å². The van der Waals surface area contributed by atoms with Gasteiger partial charge >= 0.3 is 0 Å². The number of hydrogen-bond donors (Lipinski definition) is 4. The first-order valence-electron chi connectivity index (χ1n) is 6.91. The zero-order chi connectivity index (χ0) is 15.7. The summed E-state index contributed by atoms with van der Waals surface area (Å²) in [6.07, 6.45) is 3.92. The Bertz CT molecular complexity index is 724. The minimum absolute atomic E-state index is 0.135. The average molecular weight is 299 g/mol. The molecule has 0 amide bonds. The molecule has 7 nitrogen and oxygen atoms in total. The Morgan fingerprint density at radius 2 is 2.36 bits per heavy atom. The summed E-state index contributed by atoms with van der Waals surface area (Å²) in [7, 11) is 0. The predicted molar refractivity (Wildman–Crippen MR) is 81.1 cm³/mol. The number of pyridine rings is 1. The van der Waals surface area contributed by atoms with Crippen LogP contribution in [-0.2, 0) is 6.42 Å². The molecular weight excluding hydrogens is 282 g/mol. The Morgan fingerprint density at radius 3 is 3.05 bits per heavy atom. The van der Waals surface area contributed by atoms with Crippen LogP contribution in [-0.4, -0.2) is 21.9 Å². The topological polar surface area (TPSA) is 121 Å². The van der Waals surface area contributed by atoms with Crippen molar-refractivity contribution in [3.8, 4) is 0 Å². The third-order valence-electron chi connectivity index (χ3n) is 3.90. The first-order chi connectivity index (χ1) is 10.6. The second kappa shape index (κ2) is 5.61. The fourth-order valence-electron chi connectivity index (χ4n) is 2.86. The lowest BCUT2D eigenvalue weighted by atomic mass is 9.79. The van der Waals surface area contributed by atoms with E-state index in [-0.39, 0.29) is 11.9 Å². The zero-order valence-corrected chi connectivity index (χ0v) is 12.1. The van der Waals surface area contributed by atoms with E-state index in [1.807, 2.05) is 24.5 Å². The Balaban J connectivity index is 2.12. The van der Waals surface area contributed by atoms with Crippen LogP contribution in [0.15, 0.2) is 40.1 Å². The molecule has 114 valence electrons. The monoisotopic (exact) mass is 299 g/mol. The fraction of sp³-hybridized carbons (Fsp3) is 0.267. The lowest BCUT2D eigenvalue weighted by molar-refractivity contribution is 0.232. The van der Waals surface area contributed by atoms with E-state index >= 15 is 0 Å². The van der Waals surface area contributed by atoms with Crippen LogP contribution in [0.3, 0.4) is 0 Å². The number of aromatic nitrogens is 1. The predicted octanol–water partition coefficient (Wildman–Crippen LogP) is 1.68. The van der Waals surface area contributed by atoms with Gasteiger partial charge in [-0.3, -0.25) is 10.2 Å². The van der Waals surface area contributed by atoms with Crippen molar-refractivity contribution in [2.45, 2.75) is 25.3 Å². The first kappa shape index (κ1) is 14.3. The van der Waals surface area contributed by atoms with Crippen molar-refractivity contribution in [2.75, 3.05) is 0 Å². The number of guanidine groups is 1. The highest BCUT2D eigenvalue weighted by Crippen LogP contribution is 2.38. The summed E-state index contributed by atoms with van der Waals surface area (Å²) < 4.78 is 5.45. The molecule has 2 atom stereocenters. The molecule has 0 spiro atoms. The van der Waals surface area contributed by atoms with Crippen LogP contribution in [0.5, 0.6) is 0 Å². The highest BCUT2D eigenvalue weighted by atomic mass is 16.5. The van der Waals surface area contributed by atoms with E-state index in [2.05, 4.69) is 9.98 Å². The summed E-state index contributed by atoms with van der Waals surface area (Å²) in [6, 6.07) is 4.93. The van der Waals surface area contributed by atoms with Gasteiger partial charge in [0.1, 0.15) is 11.8 Å². The van der Waals surface area contributed by atoms with Gasteiger partial charge in [-0.15, -0.1) is 0 Å². The molecule has 2 aromatic heterocycles. The number of nitrogens with two attached hydrogens (primary N) is 1. The van der Waals surface area contributed by atoms with Crippen molar-refractivity contribution in [3.63, 3.8) is 0 Å². The molecule has 0 saturated carbocycles. The fourth-order valence-corrected chi connectivity index (χ4v) is 2.86. The molecule has 2 aromatic rings. The van der Waals surface area contributed by atoms with Crippen LogP contribution in [0.25, 0.3) is 0 Å². The van der Waals surface area contributed by atoms with Crippen LogP contribution < -0.4 is 11.2 Å². The van der Waals surface area contributed by atoms with Gasteiger partial charge in [0.25, 0.3) is 0 Å². The summed E-state index contributed by atoms with van der Waals surface area (Å²) in [5.74, 6) is 0.329. The number of hydroxylamine groups is 1. The van der Waals surface area contributed by atoms with Gasteiger partial charge in [0.2, 0.25) is 5.96 Å². The molecule has 5 N–H and O–H groups in total. The molecule has 2 unspecified atom stereocenters. The SMILES string of the molecule is Cc1ccnc2c1C(N=C(N)NO)C(=N)C(c1ccco1)C2. The van der Waals surface area contributed by atoms with E-state index in [1.54, 1.807) is 18.5 Å². The molecule has 3 rings (SSSR count). The quantitative estimate of drug-likeness (QED) is 0.382. The van der Waals surface area contributed by atoms with Crippen molar-refractivity contribution in [2.24, 2.45) is 10.7 Å². The lowest BCUT2D eigenvalue weighted by Crippen LogP contribution is -2.34. The molecule has 2 heterocycles. The van der Waals surface area contributed by atoms with Crippen LogP contribution in [0.2, 0.25) is 0 Å². The maximum Gasteiger partial charge on any atom is 0.213 e. The van der Waals surface area contributed by atoms with Gasteiger partial charge in [-0.25, -0.2) is 10.5 Å². The zero-order valence-electron chi connectivity index (χ0n) is 12.1. The Kier molecular flexibility index (Phi) is 3.64. The van der Waals surface area contributed by atoms with Crippen molar-refractivity contribution in [1.82, 2.24) is 10.5 Å². The molecular formula is C15H17N5O2. The molecule has 22 heavy (non-hydrogen) atoms. The molecule has 0 radical (unpaired) electrons. The van der Waals surface area contributed by atoms with Crippen LogP contribution in [0, 0.1) is 12.3 Å². The van der Waals surface area contributed by atoms with Crippen molar-refractivity contribution in [1.29, 1.82) is 5.41 Å². The van der Waals surface area contributed by atoms with Crippen LogP contribution >= 0.6 is 0 Å². The minimum atomic E-state index is -0.591. The maximum atomic E-state index is 8.91. The van der Waals surface area contributed by atoms with Gasteiger partial charge in [-0.1, -0.05) is 0 Å². The molecule has 0 bridgehead atoms. The normalized spacial score (nSPS) is 21.5. The number of aryl methyl sites for hydroxylation is 1. The molecule has 0 aromatic carbocycles. The second-order valence-electron chi connectivity index (χ2n) is 5.24. The second-order valence-corrected chi connectivity index (χ2v) is 5.24. The van der Waals surface area contributed by atoms with Crippen molar-refractivity contribution >= 4 is 11.7 Å². The summed E-state index contributed by atoms with van der Waals surface area (Å²) >= 11 is 0. The van der Waals surface area contributed by atoms with Crippen molar-refractivity contribution in [3.05, 3.63) is 53.2 Å². The molecule has 0 fully saturated rings. The Hall–Kier alpha value is -2.67. The minimum Gasteiger partial charge on any atom is -0.469 e. The number of nitrogens with one attached hydrogen (secondary N) is 2. The van der Waals surface area contributed by atoms with E-state index in [0.29, 0.717) is 17.9 Å². The number of rotatable bonds is 2. The largest absolute Gasteiger partial charge is 0.469 e. The average Bonchev–Trinajstić information content (AvgIpc) is 3.03. The van der Waals surface area contributed by atoms with E-state index in [4.69, 9.17) is 20.8 Å². The number of furan rings is 1. The molecule has 1 aliphatic carbocycles. The van der Waals surface area contributed by atoms with Gasteiger partial charge in [0.15, 0.2) is 0 Å². The highest BCUT2D eigenvalue weighted by molar-refractivity contribution is 5.97. The third kappa shape index (κ3) is 2.35. The molecule has 0 saturated heterocycles. The maximum absolute atomic E-state index is 8.91. The number of aliphatic imine (C=N–C) groups is 1. The molecule has 1 aliphatic rings. The van der Waals surface area contributed by atoms with Gasteiger partial charge in [-0.2, -0.15) is 0 Å². The van der Waals surface area contributed by atoms with Gasteiger partial charge in [0, 0.05) is 29.6 Å². The van der Waals surface area contributed by atoms with Gasteiger partial charge < -0.3 is 15.6 Å². The van der Waals surface area contributed by atoms with Crippen LogP contribution in [0.1, 0.15) is 34.5 Å². The number of nitrogens with zero attached hydrogens (tertiary/aromatic N) is 2. The van der Waals surface area contributed by atoms with Gasteiger partial charge in [-0.05, 0) is 30.7 Å². The smallest absolute Gasteiger partial charge is 0.213 e. The molecule has 0 aliphatic heterocycles. The highest BCUT2D eigenvalue weighted by Gasteiger charge is 2.36. The van der Waals surface area contributed by atoms with E-state index < -0.39 is 6.04 Å². The lowest BCUT2D eigenvalue weighted by Gasteiger charge is -2.30. The van der Waals surface area contributed by atoms with E-state index in [0.717, 1.165) is 16.8 Å². The summed E-state index contributed by atoms with van der Waals surface area (Å²) in [5.41, 5.74) is 10.5. The Labute approximate surface area is 127 Å². The summed E-state index contributed by atoms with van der Waals surface area (Å²) in [5, 5.41) is 17.4. The Morgan fingerprint density at radius 1 is 1.55 bits per heavy atom. The number of hydrogen-bond acceptors (Lipinski definition) is 5. The summed E-state index contributed by atoms with van der Waals surface area (Å²) in [6.45, 7) is 1.95. The van der Waals surface area contributed by atoms with Crippen molar-refractivity contribution < 1.29 is 9.62 Å². The standard InChI is InChI=1S/C15H17N5O2/c1-8-4-5-18-10-7-9(11-3-2-6-22-11)13(16)14(12(8)10)19-15(17)20-21/h2-6,9,14,16,21H,7H2,1H3,(H3,17,19,20).